The number of hydrogen-bond acceptors (Lipinski definition) is 9. The van der Waals surface area contributed by atoms with E-state index in [4.69, 9.17) is 5.84 Å². The van der Waals surface area contributed by atoms with Crippen molar-refractivity contribution in [1.82, 2.24) is 24.7 Å². The molecule has 3 rings (SSSR count). The summed E-state index contributed by atoms with van der Waals surface area (Å²) in [7, 11) is -2.96. The molecule has 3 N–H and O–H groups in total. The van der Waals surface area contributed by atoms with Crippen molar-refractivity contribution in [2.75, 3.05) is 34.9 Å². The summed E-state index contributed by atoms with van der Waals surface area (Å²) in [6.45, 7) is 0.684. The molecule has 0 aromatic carbocycles. The van der Waals surface area contributed by atoms with E-state index in [1.807, 2.05) is 0 Å². The van der Waals surface area contributed by atoms with Crippen LogP contribution in [0.4, 0.5) is 11.9 Å². The number of rotatable bonds is 3. The lowest BCUT2D eigenvalue weighted by atomic mass is 10.5. The van der Waals surface area contributed by atoms with Gasteiger partial charge in [-0.1, -0.05) is 0 Å². The van der Waals surface area contributed by atoms with E-state index in [0.717, 1.165) is 0 Å². The predicted molar refractivity (Wildman–Crippen MR) is 75.6 cm³/mol. The summed E-state index contributed by atoms with van der Waals surface area (Å²) in [5, 5.41) is 4.05. The van der Waals surface area contributed by atoms with Crippen LogP contribution < -0.4 is 16.2 Å². The van der Waals surface area contributed by atoms with Gasteiger partial charge in [-0.2, -0.15) is 20.1 Å². The van der Waals surface area contributed by atoms with Gasteiger partial charge in [-0.3, -0.25) is 5.43 Å². The molecule has 0 spiro atoms. The molecule has 21 heavy (non-hydrogen) atoms. The highest BCUT2D eigenvalue weighted by molar-refractivity contribution is 7.91. The molecule has 1 saturated heterocycles. The molecule has 112 valence electrons. The third-order valence-electron chi connectivity index (χ3n) is 3.08. The first-order chi connectivity index (χ1) is 10.1. The highest BCUT2D eigenvalue weighted by Crippen LogP contribution is 2.15. The number of nitrogens with two attached hydrogens (primary N) is 1. The van der Waals surface area contributed by atoms with Gasteiger partial charge in [0, 0.05) is 25.5 Å². The van der Waals surface area contributed by atoms with Gasteiger partial charge in [0.25, 0.3) is 5.95 Å². The fourth-order valence-corrected chi connectivity index (χ4v) is 3.16. The van der Waals surface area contributed by atoms with Crippen LogP contribution in [-0.2, 0) is 9.84 Å². The lowest BCUT2D eigenvalue weighted by molar-refractivity contribution is 0.585. The molecule has 2 aromatic heterocycles. The number of hydrogen-bond donors (Lipinski definition) is 2. The molecule has 1 aliphatic heterocycles. The second-order valence-electron chi connectivity index (χ2n) is 4.49. The standard InChI is InChI=1S/C10H14N8O2S/c11-16-8-13-9(17-4-6-21(19,20)7-5-17)15-10(14-8)18-3-1-2-12-18/h1-3H,4-7,11H2,(H,13,14,15,16). The molecule has 10 nitrogen and oxygen atoms in total. The van der Waals surface area contributed by atoms with Gasteiger partial charge in [-0.05, 0) is 6.07 Å². The zero-order chi connectivity index (χ0) is 14.9. The average Bonchev–Trinajstić information content (AvgIpc) is 3.01. The topological polar surface area (TPSA) is 132 Å². The van der Waals surface area contributed by atoms with Gasteiger partial charge >= 0.3 is 0 Å². The molecule has 3 heterocycles. The maximum Gasteiger partial charge on any atom is 0.257 e. The van der Waals surface area contributed by atoms with E-state index in [1.165, 1.54) is 4.68 Å². The molecule has 0 unspecified atom stereocenters. The monoisotopic (exact) mass is 310 g/mol. The van der Waals surface area contributed by atoms with Gasteiger partial charge in [-0.15, -0.1) is 0 Å². The normalized spacial score (nSPS) is 17.7. The third-order valence-corrected chi connectivity index (χ3v) is 4.69. The SMILES string of the molecule is NNc1nc(N2CCS(=O)(=O)CC2)nc(-n2cccn2)n1. The highest BCUT2D eigenvalue weighted by Gasteiger charge is 2.24. The minimum Gasteiger partial charge on any atom is -0.339 e. The first kappa shape index (κ1) is 13.7. The zero-order valence-electron chi connectivity index (χ0n) is 11.0. The van der Waals surface area contributed by atoms with Crippen molar-refractivity contribution in [2.24, 2.45) is 5.84 Å². The van der Waals surface area contributed by atoms with Crippen LogP contribution in [0, 0.1) is 0 Å². The largest absolute Gasteiger partial charge is 0.339 e. The van der Waals surface area contributed by atoms with Crippen LogP contribution >= 0.6 is 0 Å². The smallest absolute Gasteiger partial charge is 0.257 e. The van der Waals surface area contributed by atoms with E-state index in [1.54, 1.807) is 23.4 Å². The second kappa shape index (κ2) is 5.26. The number of aromatic nitrogens is 5. The first-order valence-electron chi connectivity index (χ1n) is 6.25. The molecule has 0 atom stereocenters. The van der Waals surface area contributed by atoms with Crippen molar-refractivity contribution in [2.45, 2.75) is 0 Å². The van der Waals surface area contributed by atoms with Crippen LogP contribution in [0.5, 0.6) is 0 Å². The molecule has 0 amide bonds. The Balaban J connectivity index is 1.93. The number of hydrazine groups is 1. The van der Waals surface area contributed by atoms with Gasteiger partial charge in [0.05, 0.1) is 11.5 Å². The lowest BCUT2D eigenvalue weighted by Crippen LogP contribution is -2.41. The molecule has 0 bridgehead atoms. The van der Waals surface area contributed by atoms with Crippen LogP contribution in [0.2, 0.25) is 0 Å². The number of anilines is 2. The van der Waals surface area contributed by atoms with Crippen LogP contribution in [0.1, 0.15) is 0 Å². The van der Waals surface area contributed by atoms with Crippen molar-refractivity contribution in [3.63, 3.8) is 0 Å². The molecular weight excluding hydrogens is 296 g/mol. The van der Waals surface area contributed by atoms with E-state index in [-0.39, 0.29) is 17.5 Å². The van der Waals surface area contributed by atoms with E-state index < -0.39 is 9.84 Å². The Hall–Kier alpha value is -2.27. The number of nitrogens with zero attached hydrogens (tertiary/aromatic N) is 6. The summed E-state index contributed by atoms with van der Waals surface area (Å²) in [5.41, 5.74) is 2.38. The minimum absolute atomic E-state index is 0.0845. The Kier molecular flexibility index (Phi) is 3.43. The fourth-order valence-electron chi connectivity index (χ4n) is 1.96. The lowest BCUT2D eigenvalue weighted by Gasteiger charge is -2.26. The molecular formula is C10H14N8O2S. The molecule has 11 heteroatoms. The summed E-state index contributed by atoms with van der Waals surface area (Å²) in [5.74, 6) is 6.41. The van der Waals surface area contributed by atoms with Crippen molar-refractivity contribution in [3.05, 3.63) is 18.5 Å². The number of nitrogens with one attached hydrogen (secondary N) is 1. The second-order valence-corrected chi connectivity index (χ2v) is 6.80. The fraction of sp³-hybridized carbons (Fsp3) is 0.400. The van der Waals surface area contributed by atoms with Crippen LogP contribution in [0.25, 0.3) is 5.95 Å². The number of sulfone groups is 1. The summed E-state index contributed by atoms with van der Waals surface area (Å²) in [4.78, 5) is 14.4. The Morgan fingerprint density at radius 2 is 1.86 bits per heavy atom. The van der Waals surface area contributed by atoms with Gasteiger partial charge in [0.15, 0.2) is 9.84 Å². The predicted octanol–water partition coefficient (Wildman–Crippen LogP) is -1.42. The van der Waals surface area contributed by atoms with Crippen LogP contribution in [-0.4, -0.2) is 57.7 Å². The molecule has 1 fully saturated rings. The van der Waals surface area contributed by atoms with Crippen molar-refractivity contribution >= 4 is 21.7 Å². The van der Waals surface area contributed by atoms with E-state index in [2.05, 4.69) is 25.5 Å². The Labute approximate surface area is 120 Å². The average molecular weight is 310 g/mol. The van der Waals surface area contributed by atoms with Crippen molar-refractivity contribution in [1.29, 1.82) is 0 Å². The quantitative estimate of drug-likeness (QED) is 0.517. The zero-order valence-corrected chi connectivity index (χ0v) is 11.9. The Bertz CT molecular complexity index is 716. The maximum atomic E-state index is 11.5. The summed E-state index contributed by atoms with van der Waals surface area (Å²) in [6.07, 6.45) is 3.30. The van der Waals surface area contributed by atoms with Crippen molar-refractivity contribution < 1.29 is 8.42 Å². The van der Waals surface area contributed by atoms with Gasteiger partial charge < -0.3 is 4.90 Å². The molecule has 0 radical (unpaired) electrons. The van der Waals surface area contributed by atoms with Crippen molar-refractivity contribution in [3.8, 4) is 5.95 Å². The van der Waals surface area contributed by atoms with Gasteiger partial charge in [0.1, 0.15) is 0 Å². The van der Waals surface area contributed by atoms with E-state index >= 15 is 0 Å². The van der Waals surface area contributed by atoms with Gasteiger partial charge in [0.2, 0.25) is 11.9 Å². The molecule has 0 aliphatic carbocycles. The maximum absolute atomic E-state index is 11.5. The van der Waals surface area contributed by atoms with Gasteiger partial charge in [-0.25, -0.2) is 18.9 Å². The summed E-state index contributed by atoms with van der Waals surface area (Å²) in [6, 6.07) is 1.74. The Morgan fingerprint density at radius 3 is 2.48 bits per heavy atom. The number of nitrogen functional groups attached to an aromatic ring is 1. The minimum atomic E-state index is -2.96. The Morgan fingerprint density at radius 1 is 1.14 bits per heavy atom. The highest BCUT2D eigenvalue weighted by atomic mass is 32.2. The first-order valence-corrected chi connectivity index (χ1v) is 8.08. The summed E-state index contributed by atoms with van der Waals surface area (Å²) >= 11 is 0. The molecule has 0 saturated carbocycles. The van der Waals surface area contributed by atoms with Crippen LogP contribution in [0.15, 0.2) is 18.5 Å². The summed E-state index contributed by atoms with van der Waals surface area (Å²) < 4.78 is 24.4. The van der Waals surface area contributed by atoms with Crippen LogP contribution in [0.3, 0.4) is 0 Å². The molecule has 2 aromatic rings. The molecule has 1 aliphatic rings. The third kappa shape index (κ3) is 2.92. The van der Waals surface area contributed by atoms with E-state index in [9.17, 15) is 8.42 Å². The van der Waals surface area contributed by atoms with E-state index in [0.29, 0.717) is 25.0 Å².